The largest absolute Gasteiger partial charge is 0.399 e. The fraction of sp³-hybridized carbons (Fsp3) is 0.400. The van der Waals surface area contributed by atoms with Crippen LogP contribution in [0.1, 0.15) is 5.56 Å². The van der Waals surface area contributed by atoms with Crippen molar-refractivity contribution >= 4 is 5.69 Å². The van der Waals surface area contributed by atoms with Gasteiger partial charge in [0.25, 0.3) is 0 Å². The van der Waals surface area contributed by atoms with Crippen molar-refractivity contribution in [2.75, 3.05) is 18.9 Å². The van der Waals surface area contributed by atoms with Crippen molar-refractivity contribution in [2.24, 2.45) is 0 Å². The molecule has 13 heavy (non-hydrogen) atoms. The number of nitrogen functional groups attached to an aromatic ring is 1. The van der Waals surface area contributed by atoms with Crippen LogP contribution in [0.25, 0.3) is 0 Å². The molecule has 0 aliphatic carbocycles. The van der Waals surface area contributed by atoms with Crippen LogP contribution in [0, 0.1) is 0 Å². The smallest absolute Gasteiger partial charge is 0.161 e. The summed E-state index contributed by atoms with van der Waals surface area (Å²) in [7, 11) is 0. The van der Waals surface area contributed by atoms with Gasteiger partial charge in [-0.15, -0.1) is 0 Å². The van der Waals surface area contributed by atoms with Gasteiger partial charge in [0, 0.05) is 12.1 Å². The molecule has 3 heteroatoms. The molecule has 1 aromatic carbocycles. The minimum atomic E-state index is -0.0661. The molecule has 0 aromatic heterocycles. The van der Waals surface area contributed by atoms with Gasteiger partial charge in [0.05, 0.1) is 13.2 Å². The van der Waals surface area contributed by atoms with Crippen LogP contribution in [0.4, 0.5) is 5.69 Å². The first-order valence-corrected chi connectivity index (χ1v) is 4.42. The molecule has 2 N–H and O–H groups in total. The highest BCUT2D eigenvalue weighted by atomic mass is 16.7. The summed E-state index contributed by atoms with van der Waals surface area (Å²) in [6, 6.07) is 7.79. The minimum Gasteiger partial charge on any atom is -0.399 e. The molecule has 1 heterocycles. The first-order chi connectivity index (χ1) is 6.34. The molecule has 1 aromatic rings. The van der Waals surface area contributed by atoms with Crippen molar-refractivity contribution in [1.29, 1.82) is 0 Å². The SMILES string of the molecule is Nc1ccc(CC2OCCO2)cc1. The van der Waals surface area contributed by atoms with E-state index in [1.165, 1.54) is 5.56 Å². The van der Waals surface area contributed by atoms with Crippen LogP contribution in [0.15, 0.2) is 24.3 Å². The van der Waals surface area contributed by atoms with E-state index in [4.69, 9.17) is 15.2 Å². The van der Waals surface area contributed by atoms with E-state index in [1.807, 2.05) is 24.3 Å². The molecule has 1 aliphatic heterocycles. The predicted molar refractivity (Wildman–Crippen MR) is 50.3 cm³/mol. The van der Waals surface area contributed by atoms with E-state index in [0.717, 1.165) is 12.1 Å². The van der Waals surface area contributed by atoms with Crippen LogP contribution in [-0.2, 0) is 15.9 Å². The predicted octanol–water partition coefficient (Wildman–Crippen LogP) is 1.18. The Hall–Kier alpha value is -1.06. The number of rotatable bonds is 2. The first kappa shape index (κ1) is 8.53. The zero-order valence-electron chi connectivity index (χ0n) is 7.40. The molecule has 0 amide bonds. The summed E-state index contributed by atoms with van der Waals surface area (Å²) in [6.45, 7) is 1.42. The number of ether oxygens (including phenoxy) is 2. The van der Waals surface area contributed by atoms with Crippen LogP contribution in [-0.4, -0.2) is 19.5 Å². The second-order valence-electron chi connectivity index (χ2n) is 3.12. The summed E-state index contributed by atoms with van der Waals surface area (Å²) in [5.74, 6) is 0. The van der Waals surface area contributed by atoms with Crippen molar-refractivity contribution in [3.63, 3.8) is 0 Å². The third-order valence-corrected chi connectivity index (χ3v) is 2.07. The van der Waals surface area contributed by atoms with Crippen LogP contribution in [0.5, 0.6) is 0 Å². The maximum Gasteiger partial charge on any atom is 0.161 e. The standard InChI is InChI=1S/C10H13NO2/c11-9-3-1-8(2-4-9)7-10-12-5-6-13-10/h1-4,10H,5-7,11H2. The highest BCUT2D eigenvalue weighted by Crippen LogP contribution is 2.12. The molecule has 0 bridgehead atoms. The van der Waals surface area contributed by atoms with Gasteiger partial charge < -0.3 is 15.2 Å². The lowest BCUT2D eigenvalue weighted by Gasteiger charge is -2.08. The van der Waals surface area contributed by atoms with Gasteiger partial charge in [0.15, 0.2) is 6.29 Å². The molecule has 0 saturated carbocycles. The van der Waals surface area contributed by atoms with E-state index in [-0.39, 0.29) is 6.29 Å². The van der Waals surface area contributed by atoms with E-state index >= 15 is 0 Å². The topological polar surface area (TPSA) is 44.5 Å². The molecule has 0 atom stereocenters. The Kier molecular flexibility index (Phi) is 2.47. The van der Waals surface area contributed by atoms with Gasteiger partial charge in [-0.3, -0.25) is 0 Å². The van der Waals surface area contributed by atoms with Crippen molar-refractivity contribution in [3.05, 3.63) is 29.8 Å². The third-order valence-electron chi connectivity index (χ3n) is 2.07. The molecular formula is C10H13NO2. The number of benzene rings is 1. The van der Waals surface area contributed by atoms with Gasteiger partial charge >= 0.3 is 0 Å². The van der Waals surface area contributed by atoms with E-state index in [9.17, 15) is 0 Å². The maximum absolute atomic E-state index is 5.57. The first-order valence-electron chi connectivity index (χ1n) is 4.42. The molecule has 0 unspecified atom stereocenters. The van der Waals surface area contributed by atoms with Gasteiger partial charge in [-0.2, -0.15) is 0 Å². The molecule has 70 valence electrons. The maximum atomic E-state index is 5.57. The average molecular weight is 179 g/mol. The second kappa shape index (κ2) is 3.77. The minimum absolute atomic E-state index is 0.0661. The molecule has 3 nitrogen and oxygen atoms in total. The zero-order chi connectivity index (χ0) is 9.10. The molecule has 0 radical (unpaired) electrons. The third kappa shape index (κ3) is 2.20. The fourth-order valence-corrected chi connectivity index (χ4v) is 1.37. The van der Waals surface area contributed by atoms with Crippen molar-refractivity contribution in [3.8, 4) is 0 Å². The lowest BCUT2D eigenvalue weighted by Crippen LogP contribution is -2.11. The molecular weight excluding hydrogens is 166 g/mol. The molecule has 1 saturated heterocycles. The lowest BCUT2D eigenvalue weighted by molar-refractivity contribution is -0.0399. The Balaban J connectivity index is 1.97. The Bertz CT molecular complexity index is 265. The number of hydrogen-bond acceptors (Lipinski definition) is 3. The Morgan fingerprint density at radius 1 is 1.15 bits per heavy atom. The Morgan fingerprint density at radius 2 is 1.77 bits per heavy atom. The number of anilines is 1. The fourth-order valence-electron chi connectivity index (χ4n) is 1.37. The molecule has 0 spiro atoms. The summed E-state index contributed by atoms with van der Waals surface area (Å²) >= 11 is 0. The molecule has 2 rings (SSSR count). The summed E-state index contributed by atoms with van der Waals surface area (Å²) in [5, 5.41) is 0. The van der Waals surface area contributed by atoms with Crippen LogP contribution < -0.4 is 5.73 Å². The zero-order valence-corrected chi connectivity index (χ0v) is 7.40. The second-order valence-corrected chi connectivity index (χ2v) is 3.12. The van der Waals surface area contributed by atoms with Crippen LogP contribution in [0.2, 0.25) is 0 Å². The van der Waals surface area contributed by atoms with E-state index in [0.29, 0.717) is 13.2 Å². The normalized spacial score (nSPS) is 17.8. The average Bonchev–Trinajstić information content (AvgIpc) is 2.62. The van der Waals surface area contributed by atoms with Gasteiger partial charge in [-0.1, -0.05) is 12.1 Å². The summed E-state index contributed by atoms with van der Waals surface area (Å²) in [6.07, 6.45) is 0.740. The van der Waals surface area contributed by atoms with Crippen molar-refractivity contribution in [1.82, 2.24) is 0 Å². The molecule has 1 aliphatic rings. The Morgan fingerprint density at radius 3 is 2.38 bits per heavy atom. The summed E-state index contributed by atoms with van der Waals surface area (Å²) in [4.78, 5) is 0. The van der Waals surface area contributed by atoms with Crippen LogP contribution >= 0.6 is 0 Å². The number of hydrogen-bond donors (Lipinski definition) is 1. The summed E-state index contributed by atoms with van der Waals surface area (Å²) < 4.78 is 10.7. The lowest BCUT2D eigenvalue weighted by atomic mass is 10.1. The highest BCUT2D eigenvalue weighted by Gasteiger charge is 2.15. The van der Waals surface area contributed by atoms with Crippen molar-refractivity contribution in [2.45, 2.75) is 12.7 Å². The van der Waals surface area contributed by atoms with Gasteiger partial charge in [-0.05, 0) is 17.7 Å². The summed E-state index contributed by atoms with van der Waals surface area (Å²) in [5.41, 5.74) is 7.56. The van der Waals surface area contributed by atoms with E-state index < -0.39 is 0 Å². The highest BCUT2D eigenvalue weighted by molar-refractivity contribution is 5.39. The van der Waals surface area contributed by atoms with Gasteiger partial charge in [0.2, 0.25) is 0 Å². The van der Waals surface area contributed by atoms with Crippen LogP contribution in [0.3, 0.4) is 0 Å². The Labute approximate surface area is 77.5 Å². The quantitative estimate of drug-likeness (QED) is 0.693. The monoisotopic (exact) mass is 179 g/mol. The van der Waals surface area contributed by atoms with Gasteiger partial charge in [-0.25, -0.2) is 0 Å². The van der Waals surface area contributed by atoms with Gasteiger partial charge in [0.1, 0.15) is 0 Å². The number of nitrogens with two attached hydrogens (primary N) is 1. The van der Waals surface area contributed by atoms with E-state index in [1.54, 1.807) is 0 Å². The van der Waals surface area contributed by atoms with Crippen molar-refractivity contribution < 1.29 is 9.47 Å². The molecule has 1 fully saturated rings. The van der Waals surface area contributed by atoms with E-state index in [2.05, 4.69) is 0 Å².